The minimum absolute atomic E-state index is 0.0213. The Kier molecular flexibility index (Phi) is 5.17. The highest BCUT2D eigenvalue weighted by atomic mass is 35.5. The number of nitrogens with zero attached hydrogens (tertiary/aromatic N) is 1. The zero-order valence-electron chi connectivity index (χ0n) is 11.7. The molecule has 0 bridgehead atoms. The number of piperidine rings is 1. The van der Waals surface area contributed by atoms with Crippen molar-refractivity contribution in [1.29, 1.82) is 0 Å². The Bertz CT molecular complexity index is 465. The maximum absolute atomic E-state index is 12.3. The van der Waals surface area contributed by atoms with Gasteiger partial charge in [0, 0.05) is 23.1 Å². The summed E-state index contributed by atoms with van der Waals surface area (Å²) in [6.45, 7) is 5.60. The first-order valence-corrected chi connectivity index (χ1v) is 7.63. The number of carbonyl (C=O) groups is 1. The molecule has 1 atom stereocenters. The van der Waals surface area contributed by atoms with Gasteiger partial charge < -0.3 is 9.64 Å². The Morgan fingerprint density at radius 3 is 2.35 bits per heavy atom. The zero-order valence-corrected chi connectivity index (χ0v) is 13.2. The van der Waals surface area contributed by atoms with Gasteiger partial charge in [0.1, 0.15) is 5.75 Å². The van der Waals surface area contributed by atoms with Gasteiger partial charge in [-0.2, -0.15) is 0 Å². The van der Waals surface area contributed by atoms with Crippen LogP contribution >= 0.6 is 23.2 Å². The van der Waals surface area contributed by atoms with E-state index in [2.05, 4.69) is 6.92 Å². The van der Waals surface area contributed by atoms with Gasteiger partial charge >= 0.3 is 0 Å². The van der Waals surface area contributed by atoms with Crippen LogP contribution in [0.4, 0.5) is 0 Å². The van der Waals surface area contributed by atoms with E-state index in [1.807, 2.05) is 4.90 Å². The van der Waals surface area contributed by atoms with Crippen LogP contribution < -0.4 is 4.74 Å². The van der Waals surface area contributed by atoms with E-state index in [1.54, 1.807) is 25.1 Å². The fourth-order valence-corrected chi connectivity index (χ4v) is 2.84. The number of benzene rings is 1. The Morgan fingerprint density at radius 1 is 1.25 bits per heavy atom. The van der Waals surface area contributed by atoms with Gasteiger partial charge in [0.05, 0.1) is 0 Å². The molecular weight excluding hydrogens is 297 g/mol. The van der Waals surface area contributed by atoms with Gasteiger partial charge in [-0.25, -0.2) is 0 Å². The smallest absolute Gasteiger partial charge is 0.263 e. The molecular formula is C15H19Cl2NO2. The molecule has 0 radical (unpaired) electrons. The van der Waals surface area contributed by atoms with Crippen molar-refractivity contribution in [1.82, 2.24) is 4.90 Å². The van der Waals surface area contributed by atoms with E-state index >= 15 is 0 Å². The number of halogens is 2. The molecule has 1 aliphatic heterocycles. The molecule has 5 heteroatoms. The van der Waals surface area contributed by atoms with E-state index < -0.39 is 6.10 Å². The summed E-state index contributed by atoms with van der Waals surface area (Å²) < 4.78 is 5.66. The SMILES string of the molecule is CC1CCN(C(=O)C(C)Oc2cc(Cl)cc(Cl)c2)CC1. The topological polar surface area (TPSA) is 29.5 Å². The molecule has 1 aromatic carbocycles. The lowest BCUT2D eigenvalue weighted by Crippen LogP contribution is -2.44. The van der Waals surface area contributed by atoms with Gasteiger partial charge in [0.15, 0.2) is 6.10 Å². The highest BCUT2D eigenvalue weighted by Crippen LogP contribution is 2.25. The van der Waals surface area contributed by atoms with Crippen LogP contribution in [0.2, 0.25) is 10.0 Å². The summed E-state index contributed by atoms with van der Waals surface area (Å²) in [5.74, 6) is 1.24. The fraction of sp³-hybridized carbons (Fsp3) is 0.533. The minimum atomic E-state index is -0.530. The maximum Gasteiger partial charge on any atom is 0.263 e. The predicted molar refractivity (Wildman–Crippen MR) is 81.5 cm³/mol. The standard InChI is InChI=1S/C15H19Cl2NO2/c1-10-3-5-18(6-4-10)15(19)11(2)20-14-8-12(16)7-13(17)9-14/h7-11H,3-6H2,1-2H3. The van der Waals surface area contributed by atoms with Crippen LogP contribution in [0.15, 0.2) is 18.2 Å². The molecule has 0 N–H and O–H groups in total. The monoisotopic (exact) mass is 315 g/mol. The molecule has 1 saturated heterocycles. The normalized spacial score (nSPS) is 17.9. The van der Waals surface area contributed by atoms with Crippen LogP contribution in [0.1, 0.15) is 26.7 Å². The van der Waals surface area contributed by atoms with Crippen molar-refractivity contribution in [3.63, 3.8) is 0 Å². The summed E-state index contributed by atoms with van der Waals surface area (Å²) in [7, 11) is 0. The van der Waals surface area contributed by atoms with E-state index in [4.69, 9.17) is 27.9 Å². The van der Waals surface area contributed by atoms with Gasteiger partial charge in [-0.3, -0.25) is 4.79 Å². The summed E-state index contributed by atoms with van der Waals surface area (Å²) in [6.07, 6.45) is 1.58. The second-order valence-electron chi connectivity index (χ2n) is 5.37. The first-order chi connectivity index (χ1) is 9.45. The highest BCUT2D eigenvalue weighted by Gasteiger charge is 2.25. The zero-order chi connectivity index (χ0) is 14.7. The molecule has 1 amide bonds. The van der Waals surface area contributed by atoms with E-state index in [-0.39, 0.29) is 5.91 Å². The number of carbonyl (C=O) groups excluding carboxylic acids is 1. The third-order valence-electron chi connectivity index (χ3n) is 3.59. The molecule has 110 valence electrons. The molecule has 1 aliphatic rings. The Balaban J connectivity index is 1.97. The largest absolute Gasteiger partial charge is 0.481 e. The van der Waals surface area contributed by atoms with Crippen molar-refractivity contribution in [2.75, 3.05) is 13.1 Å². The minimum Gasteiger partial charge on any atom is -0.481 e. The average molecular weight is 316 g/mol. The van der Waals surface area contributed by atoms with E-state index in [9.17, 15) is 4.79 Å². The number of ether oxygens (including phenoxy) is 1. The van der Waals surface area contributed by atoms with Gasteiger partial charge in [-0.15, -0.1) is 0 Å². The van der Waals surface area contributed by atoms with Crippen LogP contribution in [-0.4, -0.2) is 30.0 Å². The number of rotatable bonds is 3. The Morgan fingerprint density at radius 2 is 1.80 bits per heavy atom. The highest BCUT2D eigenvalue weighted by molar-refractivity contribution is 6.34. The lowest BCUT2D eigenvalue weighted by Gasteiger charge is -2.32. The lowest BCUT2D eigenvalue weighted by molar-refractivity contribution is -0.139. The summed E-state index contributed by atoms with van der Waals surface area (Å²) in [5.41, 5.74) is 0. The number of hydrogen-bond donors (Lipinski definition) is 0. The second-order valence-corrected chi connectivity index (χ2v) is 6.25. The molecule has 1 unspecified atom stereocenters. The fourth-order valence-electron chi connectivity index (χ4n) is 2.34. The van der Waals surface area contributed by atoms with Crippen molar-refractivity contribution in [2.24, 2.45) is 5.92 Å². The molecule has 0 aromatic heterocycles. The molecule has 1 fully saturated rings. The van der Waals surface area contributed by atoms with E-state index in [0.29, 0.717) is 21.7 Å². The van der Waals surface area contributed by atoms with Crippen LogP contribution in [0.25, 0.3) is 0 Å². The number of likely N-dealkylation sites (tertiary alicyclic amines) is 1. The van der Waals surface area contributed by atoms with E-state index in [1.165, 1.54) is 0 Å². The maximum atomic E-state index is 12.3. The van der Waals surface area contributed by atoms with Crippen molar-refractivity contribution >= 4 is 29.1 Å². The van der Waals surface area contributed by atoms with Gasteiger partial charge in [0.2, 0.25) is 0 Å². The molecule has 2 rings (SSSR count). The quantitative estimate of drug-likeness (QED) is 0.843. The first-order valence-electron chi connectivity index (χ1n) is 6.87. The van der Waals surface area contributed by atoms with Crippen LogP contribution in [-0.2, 0) is 4.79 Å². The molecule has 0 saturated carbocycles. The Labute approximate surface area is 129 Å². The van der Waals surface area contributed by atoms with Crippen molar-refractivity contribution < 1.29 is 9.53 Å². The van der Waals surface area contributed by atoms with Gasteiger partial charge in [-0.1, -0.05) is 30.1 Å². The predicted octanol–water partition coefficient (Wildman–Crippen LogP) is 4.02. The Hall–Kier alpha value is -0.930. The molecule has 20 heavy (non-hydrogen) atoms. The molecule has 1 heterocycles. The van der Waals surface area contributed by atoms with Crippen LogP contribution in [0, 0.1) is 5.92 Å². The molecule has 1 aromatic rings. The average Bonchev–Trinajstić information content (AvgIpc) is 2.37. The third kappa shape index (κ3) is 4.03. The lowest BCUT2D eigenvalue weighted by atomic mass is 9.99. The van der Waals surface area contributed by atoms with Gasteiger partial charge in [0.25, 0.3) is 5.91 Å². The van der Waals surface area contributed by atoms with Crippen molar-refractivity contribution in [3.05, 3.63) is 28.2 Å². The number of amides is 1. The van der Waals surface area contributed by atoms with Crippen molar-refractivity contribution in [3.8, 4) is 5.75 Å². The summed E-state index contributed by atoms with van der Waals surface area (Å²) in [5, 5.41) is 0.998. The molecule has 0 spiro atoms. The number of hydrogen-bond acceptors (Lipinski definition) is 2. The first kappa shape index (κ1) is 15.5. The van der Waals surface area contributed by atoms with Crippen molar-refractivity contribution in [2.45, 2.75) is 32.8 Å². The second kappa shape index (κ2) is 6.68. The third-order valence-corrected chi connectivity index (χ3v) is 4.03. The summed E-state index contributed by atoms with van der Waals surface area (Å²) in [6, 6.07) is 4.96. The summed E-state index contributed by atoms with van der Waals surface area (Å²) >= 11 is 11.8. The van der Waals surface area contributed by atoms with Crippen LogP contribution in [0.3, 0.4) is 0 Å². The summed E-state index contributed by atoms with van der Waals surface area (Å²) in [4.78, 5) is 14.2. The van der Waals surface area contributed by atoms with E-state index in [0.717, 1.165) is 25.9 Å². The molecule has 0 aliphatic carbocycles. The molecule has 3 nitrogen and oxygen atoms in total. The van der Waals surface area contributed by atoms with Gasteiger partial charge in [-0.05, 0) is 43.9 Å². The van der Waals surface area contributed by atoms with Crippen LogP contribution in [0.5, 0.6) is 5.75 Å².